The van der Waals surface area contributed by atoms with E-state index in [0.717, 1.165) is 5.56 Å². The molecule has 0 spiro atoms. The minimum absolute atomic E-state index is 0.0163. The molecule has 0 atom stereocenters. The zero-order valence-corrected chi connectivity index (χ0v) is 8.60. The van der Waals surface area contributed by atoms with Gasteiger partial charge in [-0.25, -0.2) is 0 Å². The van der Waals surface area contributed by atoms with E-state index in [1.807, 2.05) is 0 Å². The maximum atomic E-state index is 10.8. The van der Waals surface area contributed by atoms with E-state index in [9.17, 15) is 4.79 Å². The van der Waals surface area contributed by atoms with Gasteiger partial charge in [-0.1, -0.05) is 12.1 Å². The summed E-state index contributed by atoms with van der Waals surface area (Å²) in [6, 6.07) is 7.05. The Kier molecular flexibility index (Phi) is 4.63. The van der Waals surface area contributed by atoms with E-state index in [1.54, 1.807) is 24.3 Å². The zero-order chi connectivity index (χ0) is 11.1. The van der Waals surface area contributed by atoms with Gasteiger partial charge in [0.2, 0.25) is 0 Å². The highest BCUT2D eigenvalue weighted by atomic mass is 16.5. The summed E-state index contributed by atoms with van der Waals surface area (Å²) in [5.74, 6) is 0.387. The number of methoxy groups -OCH3 is 1. The number of aliphatic hydroxyl groups is 1. The Hall–Kier alpha value is -1.55. The van der Waals surface area contributed by atoms with Gasteiger partial charge in [0, 0.05) is 0 Å². The monoisotopic (exact) mass is 210 g/mol. The van der Waals surface area contributed by atoms with E-state index in [-0.39, 0.29) is 19.0 Å². The molecule has 0 aromatic heterocycles. The molecule has 15 heavy (non-hydrogen) atoms. The van der Waals surface area contributed by atoms with Crippen LogP contribution in [0.25, 0.3) is 0 Å². The number of hydrogen-bond acceptors (Lipinski definition) is 4. The van der Waals surface area contributed by atoms with E-state index in [2.05, 4.69) is 4.74 Å². The summed E-state index contributed by atoms with van der Waals surface area (Å²) in [5.41, 5.74) is 0.829. The van der Waals surface area contributed by atoms with Crippen LogP contribution in [0.15, 0.2) is 24.3 Å². The normalized spacial score (nSPS) is 9.73. The molecule has 0 heterocycles. The highest BCUT2D eigenvalue weighted by Gasteiger charge is 2.00. The van der Waals surface area contributed by atoms with Gasteiger partial charge in [0.05, 0.1) is 26.7 Å². The maximum Gasteiger partial charge on any atom is 0.308 e. The van der Waals surface area contributed by atoms with Gasteiger partial charge in [-0.05, 0) is 17.7 Å². The molecule has 0 unspecified atom stereocenters. The second-order valence-electron chi connectivity index (χ2n) is 2.98. The quantitative estimate of drug-likeness (QED) is 0.740. The molecule has 82 valence electrons. The SMILES string of the molecule is COC(=O)CCOc1ccc(CO)cc1. The van der Waals surface area contributed by atoms with Crippen LogP contribution in [-0.2, 0) is 16.1 Å². The third kappa shape index (κ3) is 3.99. The molecule has 1 aromatic carbocycles. The summed E-state index contributed by atoms with van der Waals surface area (Å²) in [5, 5.41) is 8.81. The third-order valence-corrected chi connectivity index (χ3v) is 1.91. The number of rotatable bonds is 5. The first-order chi connectivity index (χ1) is 7.26. The van der Waals surface area contributed by atoms with Crippen LogP contribution in [0, 0.1) is 0 Å². The van der Waals surface area contributed by atoms with Gasteiger partial charge >= 0.3 is 5.97 Å². The van der Waals surface area contributed by atoms with Crippen LogP contribution in [0.4, 0.5) is 0 Å². The van der Waals surface area contributed by atoms with Gasteiger partial charge in [0.1, 0.15) is 5.75 Å². The number of ether oxygens (including phenoxy) is 2. The van der Waals surface area contributed by atoms with Crippen molar-refractivity contribution in [3.8, 4) is 5.75 Å². The lowest BCUT2D eigenvalue weighted by atomic mass is 10.2. The van der Waals surface area contributed by atoms with Gasteiger partial charge in [0.25, 0.3) is 0 Å². The molecule has 1 N–H and O–H groups in total. The minimum atomic E-state index is -0.290. The average molecular weight is 210 g/mol. The molecule has 0 saturated heterocycles. The van der Waals surface area contributed by atoms with Crippen molar-refractivity contribution in [2.24, 2.45) is 0 Å². The van der Waals surface area contributed by atoms with Crippen molar-refractivity contribution in [3.63, 3.8) is 0 Å². The fourth-order valence-electron chi connectivity index (χ4n) is 1.05. The fraction of sp³-hybridized carbons (Fsp3) is 0.364. The van der Waals surface area contributed by atoms with Gasteiger partial charge < -0.3 is 14.6 Å². The smallest absolute Gasteiger partial charge is 0.308 e. The molecule has 0 radical (unpaired) electrons. The summed E-state index contributed by atoms with van der Waals surface area (Å²) < 4.78 is 9.77. The molecule has 4 heteroatoms. The molecular formula is C11H14O4. The number of carbonyl (C=O) groups excluding carboxylic acids is 1. The van der Waals surface area contributed by atoms with Crippen molar-refractivity contribution >= 4 is 5.97 Å². The van der Waals surface area contributed by atoms with Crippen LogP contribution in [0.1, 0.15) is 12.0 Å². The number of hydrogen-bond donors (Lipinski definition) is 1. The van der Waals surface area contributed by atoms with E-state index in [0.29, 0.717) is 12.4 Å². The average Bonchev–Trinajstić information content (AvgIpc) is 2.29. The molecule has 4 nitrogen and oxygen atoms in total. The van der Waals surface area contributed by atoms with Crippen LogP contribution >= 0.6 is 0 Å². The summed E-state index contributed by atoms with van der Waals surface area (Å²) in [6.07, 6.45) is 0.234. The Balaban J connectivity index is 2.34. The van der Waals surface area contributed by atoms with Crippen molar-refractivity contribution < 1.29 is 19.4 Å². The molecule has 0 aliphatic heterocycles. The number of carbonyl (C=O) groups is 1. The number of aliphatic hydroxyl groups excluding tert-OH is 1. The Morgan fingerprint density at radius 3 is 2.53 bits per heavy atom. The summed E-state index contributed by atoms with van der Waals surface area (Å²) >= 11 is 0. The Labute approximate surface area is 88.4 Å². The van der Waals surface area contributed by atoms with Gasteiger partial charge in [-0.15, -0.1) is 0 Å². The van der Waals surface area contributed by atoms with Crippen LogP contribution in [0.2, 0.25) is 0 Å². The first kappa shape index (κ1) is 11.5. The number of benzene rings is 1. The van der Waals surface area contributed by atoms with Gasteiger partial charge in [-0.2, -0.15) is 0 Å². The second kappa shape index (κ2) is 6.03. The molecule has 0 saturated carbocycles. The third-order valence-electron chi connectivity index (χ3n) is 1.91. The lowest BCUT2D eigenvalue weighted by Crippen LogP contribution is -2.07. The molecule has 0 aliphatic carbocycles. The number of esters is 1. The van der Waals surface area contributed by atoms with E-state index >= 15 is 0 Å². The highest BCUT2D eigenvalue weighted by Crippen LogP contribution is 2.12. The summed E-state index contributed by atoms with van der Waals surface area (Å²) in [6.45, 7) is 0.313. The maximum absolute atomic E-state index is 10.8. The van der Waals surface area contributed by atoms with Crippen molar-refractivity contribution in [2.45, 2.75) is 13.0 Å². The summed E-state index contributed by atoms with van der Waals surface area (Å²) in [4.78, 5) is 10.8. The standard InChI is InChI=1S/C11H14O4/c1-14-11(13)6-7-15-10-4-2-9(8-12)3-5-10/h2-5,12H,6-8H2,1H3. The van der Waals surface area contributed by atoms with Gasteiger partial charge in [0.15, 0.2) is 0 Å². The van der Waals surface area contributed by atoms with E-state index in [4.69, 9.17) is 9.84 Å². The lowest BCUT2D eigenvalue weighted by molar-refractivity contribution is -0.141. The van der Waals surface area contributed by atoms with E-state index < -0.39 is 0 Å². The molecule has 0 aliphatic rings. The molecule has 1 aromatic rings. The molecule has 1 rings (SSSR count). The van der Waals surface area contributed by atoms with Crippen molar-refractivity contribution in [1.29, 1.82) is 0 Å². The fourth-order valence-corrected chi connectivity index (χ4v) is 1.05. The Bertz CT molecular complexity index is 305. The highest BCUT2D eigenvalue weighted by molar-refractivity contribution is 5.69. The van der Waals surface area contributed by atoms with Crippen LogP contribution in [-0.4, -0.2) is 24.8 Å². The van der Waals surface area contributed by atoms with Crippen molar-refractivity contribution in [1.82, 2.24) is 0 Å². The van der Waals surface area contributed by atoms with Crippen molar-refractivity contribution in [3.05, 3.63) is 29.8 Å². The Morgan fingerprint density at radius 1 is 1.33 bits per heavy atom. The largest absolute Gasteiger partial charge is 0.493 e. The molecule has 0 bridgehead atoms. The zero-order valence-electron chi connectivity index (χ0n) is 8.60. The molecular weight excluding hydrogens is 196 g/mol. The summed E-state index contributed by atoms with van der Waals surface area (Å²) in [7, 11) is 1.35. The predicted octanol–water partition coefficient (Wildman–Crippen LogP) is 1.12. The predicted molar refractivity (Wildman–Crippen MR) is 54.5 cm³/mol. The lowest BCUT2D eigenvalue weighted by Gasteiger charge is -2.05. The van der Waals surface area contributed by atoms with Crippen LogP contribution in [0.5, 0.6) is 5.75 Å². The van der Waals surface area contributed by atoms with Crippen LogP contribution in [0.3, 0.4) is 0 Å². The topological polar surface area (TPSA) is 55.8 Å². The second-order valence-corrected chi connectivity index (χ2v) is 2.98. The molecule has 0 amide bonds. The minimum Gasteiger partial charge on any atom is -0.493 e. The van der Waals surface area contributed by atoms with E-state index in [1.165, 1.54) is 7.11 Å². The first-order valence-corrected chi connectivity index (χ1v) is 4.65. The molecule has 0 fully saturated rings. The first-order valence-electron chi connectivity index (χ1n) is 4.65. The Morgan fingerprint density at radius 2 is 2.00 bits per heavy atom. The van der Waals surface area contributed by atoms with Crippen LogP contribution < -0.4 is 4.74 Å². The van der Waals surface area contributed by atoms with Crippen molar-refractivity contribution in [2.75, 3.05) is 13.7 Å². The van der Waals surface area contributed by atoms with Gasteiger partial charge in [-0.3, -0.25) is 4.79 Å².